The van der Waals surface area contributed by atoms with Crippen molar-refractivity contribution in [3.05, 3.63) is 16.2 Å². The zero-order valence-corrected chi connectivity index (χ0v) is 19.1. The Hall–Kier alpha value is -1.68. The summed E-state index contributed by atoms with van der Waals surface area (Å²) >= 11 is 7.68. The van der Waals surface area contributed by atoms with Gasteiger partial charge >= 0.3 is 6.09 Å². The molecule has 0 aromatic carbocycles. The van der Waals surface area contributed by atoms with E-state index in [2.05, 4.69) is 14.9 Å². The van der Waals surface area contributed by atoms with Crippen molar-refractivity contribution in [3.8, 4) is 0 Å². The van der Waals surface area contributed by atoms with Crippen molar-refractivity contribution in [1.82, 2.24) is 14.9 Å². The SMILES string of the molecule is CC(C)(C)OC(=O)N1CCC(O)(c2cc3nc(Cl)nc(N4CCOCC4)c3s2)CC1. The number of amides is 1. The van der Waals surface area contributed by atoms with E-state index in [0.29, 0.717) is 39.1 Å². The summed E-state index contributed by atoms with van der Waals surface area (Å²) in [7, 11) is 0. The van der Waals surface area contributed by atoms with E-state index in [9.17, 15) is 9.90 Å². The number of nitrogens with zero attached hydrogens (tertiary/aromatic N) is 4. The molecule has 30 heavy (non-hydrogen) atoms. The largest absolute Gasteiger partial charge is 0.444 e. The zero-order valence-electron chi connectivity index (χ0n) is 17.5. The fourth-order valence-electron chi connectivity index (χ4n) is 3.74. The summed E-state index contributed by atoms with van der Waals surface area (Å²) < 4.78 is 11.8. The Morgan fingerprint density at radius 2 is 1.90 bits per heavy atom. The number of rotatable bonds is 2. The van der Waals surface area contributed by atoms with E-state index in [0.717, 1.165) is 34.0 Å². The van der Waals surface area contributed by atoms with Crippen molar-refractivity contribution >= 4 is 45.1 Å². The van der Waals surface area contributed by atoms with E-state index in [-0.39, 0.29) is 11.4 Å². The molecular weight excluding hydrogens is 428 g/mol. The number of morpholine rings is 1. The molecule has 0 radical (unpaired) electrons. The van der Waals surface area contributed by atoms with Crippen molar-refractivity contribution in [2.75, 3.05) is 44.3 Å². The molecule has 4 rings (SSSR count). The molecule has 4 heterocycles. The molecule has 0 spiro atoms. The Morgan fingerprint density at radius 3 is 2.53 bits per heavy atom. The van der Waals surface area contributed by atoms with Gasteiger partial charge in [0, 0.05) is 31.1 Å². The molecule has 10 heteroatoms. The van der Waals surface area contributed by atoms with Gasteiger partial charge in [-0.3, -0.25) is 0 Å². The standard InChI is InChI=1S/C20H27ClN4O4S/c1-19(2,3)29-18(26)25-6-4-20(27,5-7-25)14-12-13-15(30-14)16(23-17(21)22-13)24-8-10-28-11-9-24/h12,27H,4-11H2,1-3H3. The first kappa shape index (κ1) is 21.5. The minimum absolute atomic E-state index is 0.195. The number of aliphatic hydroxyl groups is 1. The topological polar surface area (TPSA) is 88.0 Å². The average molecular weight is 455 g/mol. The molecule has 0 aliphatic carbocycles. The van der Waals surface area contributed by atoms with Crippen LogP contribution in [0.2, 0.25) is 5.28 Å². The summed E-state index contributed by atoms with van der Waals surface area (Å²) in [5, 5.41) is 11.6. The maximum Gasteiger partial charge on any atom is 0.410 e. The zero-order chi connectivity index (χ0) is 21.5. The highest BCUT2D eigenvalue weighted by Gasteiger charge is 2.38. The van der Waals surface area contributed by atoms with Crippen molar-refractivity contribution < 1.29 is 19.4 Å². The lowest BCUT2D eigenvalue weighted by Gasteiger charge is -2.38. The molecule has 1 amide bonds. The highest BCUT2D eigenvalue weighted by molar-refractivity contribution is 7.19. The van der Waals surface area contributed by atoms with Crippen LogP contribution in [0.15, 0.2) is 6.07 Å². The monoisotopic (exact) mass is 454 g/mol. The third kappa shape index (κ3) is 4.49. The van der Waals surface area contributed by atoms with Gasteiger partial charge in [-0.1, -0.05) is 0 Å². The fraction of sp³-hybridized carbons (Fsp3) is 0.650. The van der Waals surface area contributed by atoms with Crippen LogP contribution in [-0.4, -0.2) is 71.1 Å². The van der Waals surface area contributed by atoms with Gasteiger partial charge in [0.15, 0.2) is 5.82 Å². The number of hydrogen-bond donors (Lipinski definition) is 1. The summed E-state index contributed by atoms with van der Waals surface area (Å²) in [5.41, 5.74) is -0.817. The molecule has 164 valence electrons. The summed E-state index contributed by atoms with van der Waals surface area (Å²) in [5.74, 6) is 0.791. The number of piperidine rings is 1. The summed E-state index contributed by atoms with van der Waals surface area (Å²) in [6.07, 6.45) is 0.536. The van der Waals surface area contributed by atoms with Crippen LogP contribution >= 0.6 is 22.9 Å². The highest BCUT2D eigenvalue weighted by atomic mass is 35.5. The Kier molecular flexibility index (Phi) is 5.82. The van der Waals surface area contributed by atoms with E-state index in [4.69, 9.17) is 21.1 Å². The number of carbonyl (C=O) groups is 1. The lowest BCUT2D eigenvalue weighted by molar-refractivity contribution is -0.0334. The Bertz CT molecular complexity index is 931. The Morgan fingerprint density at radius 1 is 1.23 bits per heavy atom. The van der Waals surface area contributed by atoms with Crippen molar-refractivity contribution in [3.63, 3.8) is 0 Å². The molecule has 0 bridgehead atoms. The van der Waals surface area contributed by atoms with Crippen LogP contribution in [0, 0.1) is 0 Å². The second kappa shape index (κ2) is 8.11. The maximum absolute atomic E-state index is 12.3. The molecule has 0 unspecified atom stereocenters. The molecule has 1 N–H and O–H groups in total. The van der Waals surface area contributed by atoms with E-state index in [1.807, 2.05) is 26.8 Å². The third-order valence-corrected chi connectivity index (χ3v) is 6.82. The second-order valence-corrected chi connectivity index (χ2v) is 10.1. The average Bonchev–Trinajstić information content (AvgIpc) is 3.12. The van der Waals surface area contributed by atoms with Crippen LogP contribution in [-0.2, 0) is 15.1 Å². The van der Waals surface area contributed by atoms with Gasteiger partial charge < -0.3 is 24.4 Å². The fourth-order valence-corrected chi connectivity index (χ4v) is 5.17. The number of aromatic nitrogens is 2. The van der Waals surface area contributed by atoms with Crippen molar-refractivity contribution in [1.29, 1.82) is 0 Å². The second-order valence-electron chi connectivity index (χ2n) is 8.74. The Balaban J connectivity index is 1.55. The third-order valence-electron chi connectivity index (χ3n) is 5.34. The number of carbonyl (C=O) groups excluding carboxylic acids is 1. The lowest BCUT2D eigenvalue weighted by atomic mass is 9.90. The van der Waals surface area contributed by atoms with Gasteiger partial charge in [0.25, 0.3) is 0 Å². The van der Waals surface area contributed by atoms with Crippen LogP contribution in [0.25, 0.3) is 10.2 Å². The normalized spacial score (nSPS) is 19.9. The minimum Gasteiger partial charge on any atom is -0.444 e. The predicted octanol–water partition coefficient (Wildman–Crippen LogP) is 3.40. The number of ether oxygens (including phenoxy) is 2. The minimum atomic E-state index is -1.02. The maximum atomic E-state index is 12.3. The smallest absolute Gasteiger partial charge is 0.410 e. The van der Waals surface area contributed by atoms with Crippen molar-refractivity contribution in [2.45, 2.75) is 44.8 Å². The summed E-state index contributed by atoms with van der Waals surface area (Å²) in [6, 6.07) is 1.90. The van der Waals surface area contributed by atoms with E-state index in [1.165, 1.54) is 11.3 Å². The molecule has 0 atom stereocenters. The molecule has 2 aliphatic heterocycles. The van der Waals surface area contributed by atoms with Crippen LogP contribution in [0.4, 0.5) is 10.6 Å². The first-order valence-electron chi connectivity index (χ1n) is 10.2. The Labute approximate surface area is 184 Å². The van der Waals surface area contributed by atoms with Crippen LogP contribution < -0.4 is 4.90 Å². The number of anilines is 1. The van der Waals surface area contributed by atoms with E-state index >= 15 is 0 Å². The highest BCUT2D eigenvalue weighted by Crippen LogP contribution is 2.42. The van der Waals surface area contributed by atoms with E-state index < -0.39 is 11.2 Å². The number of thiophene rings is 1. The van der Waals surface area contributed by atoms with Crippen LogP contribution in [0.1, 0.15) is 38.5 Å². The molecular formula is C20H27ClN4O4S. The lowest BCUT2D eigenvalue weighted by Crippen LogP contribution is -2.46. The molecule has 2 aromatic rings. The van der Waals surface area contributed by atoms with Crippen LogP contribution in [0.5, 0.6) is 0 Å². The van der Waals surface area contributed by atoms with Gasteiger partial charge in [-0.05, 0) is 51.3 Å². The molecule has 2 aliphatic rings. The number of fused-ring (bicyclic) bond motifs is 1. The molecule has 8 nitrogen and oxygen atoms in total. The molecule has 2 saturated heterocycles. The number of likely N-dealkylation sites (tertiary alicyclic amines) is 1. The van der Waals surface area contributed by atoms with Gasteiger partial charge in [-0.15, -0.1) is 11.3 Å². The first-order chi connectivity index (χ1) is 14.1. The molecule has 2 aromatic heterocycles. The summed E-state index contributed by atoms with van der Waals surface area (Å²) in [4.78, 5) is 25.8. The van der Waals surface area contributed by atoms with Gasteiger partial charge in [-0.2, -0.15) is 4.98 Å². The molecule has 2 fully saturated rings. The van der Waals surface area contributed by atoms with Crippen molar-refractivity contribution in [2.24, 2.45) is 0 Å². The number of hydrogen-bond acceptors (Lipinski definition) is 8. The first-order valence-corrected chi connectivity index (χ1v) is 11.3. The van der Waals surface area contributed by atoms with Gasteiger partial charge in [0.1, 0.15) is 11.2 Å². The van der Waals surface area contributed by atoms with Gasteiger partial charge in [0.2, 0.25) is 5.28 Å². The van der Waals surface area contributed by atoms with E-state index in [1.54, 1.807) is 4.90 Å². The van der Waals surface area contributed by atoms with Gasteiger partial charge in [-0.25, -0.2) is 9.78 Å². The van der Waals surface area contributed by atoms with Gasteiger partial charge in [0.05, 0.1) is 23.4 Å². The van der Waals surface area contributed by atoms with Crippen LogP contribution in [0.3, 0.4) is 0 Å². The summed E-state index contributed by atoms with van der Waals surface area (Å²) in [6.45, 7) is 9.18. The molecule has 0 saturated carbocycles. The quantitative estimate of drug-likeness (QED) is 0.695. The number of halogens is 1. The predicted molar refractivity (Wildman–Crippen MR) is 116 cm³/mol.